The van der Waals surface area contributed by atoms with Crippen LogP contribution in [0.2, 0.25) is 5.02 Å². The number of hydrogen-bond acceptors (Lipinski definition) is 6. The zero-order valence-electron chi connectivity index (χ0n) is 16.0. The average molecular weight is 411 g/mol. The Hall–Kier alpha value is -2.77. The van der Waals surface area contributed by atoms with Gasteiger partial charge in [-0.25, -0.2) is 10.8 Å². The molecule has 7 nitrogen and oxygen atoms in total. The molecule has 4 N–H and O–H groups in total. The molecule has 1 heterocycles. The number of rotatable bonds is 3. The van der Waals surface area contributed by atoms with Crippen LogP contribution in [0, 0.1) is 0 Å². The third kappa shape index (κ3) is 4.02. The minimum Gasteiger partial charge on any atom is -0.370 e. The number of hydrazine groups is 1. The molecule has 0 bridgehead atoms. The number of carbonyl (C=O) groups is 1. The molecule has 1 saturated carbocycles. The zero-order valence-corrected chi connectivity index (χ0v) is 16.7. The van der Waals surface area contributed by atoms with E-state index in [-0.39, 0.29) is 5.91 Å². The predicted octanol–water partition coefficient (Wildman–Crippen LogP) is 4.75. The number of amidine groups is 1. The summed E-state index contributed by atoms with van der Waals surface area (Å²) < 4.78 is 0. The van der Waals surface area contributed by atoms with Gasteiger partial charge in [-0.3, -0.25) is 10.2 Å². The monoisotopic (exact) mass is 410 g/mol. The molecule has 8 heteroatoms. The lowest BCUT2D eigenvalue weighted by atomic mass is 9.79. The normalized spacial score (nSPS) is 17.5. The number of nitrogens with two attached hydrogens (primary N) is 1. The molecule has 4 rings (SSSR count). The maximum Gasteiger partial charge on any atom is 0.267 e. The highest BCUT2D eigenvalue weighted by atomic mass is 35.5. The summed E-state index contributed by atoms with van der Waals surface area (Å²) in [5.74, 6) is 5.68. The van der Waals surface area contributed by atoms with E-state index in [1.165, 1.54) is 6.42 Å². The lowest BCUT2D eigenvalue weighted by Gasteiger charge is -2.41. The molecule has 0 aromatic heterocycles. The predicted molar refractivity (Wildman–Crippen MR) is 115 cm³/mol. The lowest BCUT2D eigenvalue weighted by Crippen LogP contribution is -2.49. The van der Waals surface area contributed by atoms with E-state index < -0.39 is 5.54 Å². The Morgan fingerprint density at radius 2 is 2.00 bits per heavy atom. The highest BCUT2D eigenvalue weighted by Gasteiger charge is 2.41. The van der Waals surface area contributed by atoms with Crippen molar-refractivity contribution in [1.82, 2.24) is 5.43 Å². The number of fused-ring (bicyclic) bond motifs is 1. The molecule has 150 valence electrons. The van der Waals surface area contributed by atoms with Crippen molar-refractivity contribution in [3.05, 3.63) is 58.6 Å². The Balaban J connectivity index is 1.69. The molecule has 1 fully saturated rings. The number of nitrogens with zero attached hydrogens (tertiary/aromatic N) is 3. The van der Waals surface area contributed by atoms with Crippen molar-refractivity contribution < 1.29 is 4.79 Å². The van der Waals surface area contributed by atoms with Gasteiger partial charge in [0.25, 0.3) is 5.91 Å². The number of carbonyl (C=O) groups excluding carboxylic acids is 1. The Bertz CT molecular complexity index is 981. The van der Waals surface area contributed by atoms with E-state index in [0.717, 1.165) is 31.2 Å². The fourth-order valence-electron chi connectivity index (χ4n) is 3.99. The largest absolute Gasteiger partial charge is 0.370 e. The summed E-state index contributed by atoms with van der Waals surface area (Å²) in [5.41, 5.74) is 4.63. The zero-order chi connectivity index (χ0) is 20.3. The van der Waals surface area contributed by atoms with E-state index in [2.05, 4.69) is 21.0 Å². The quantitative estimate of drug-likeness (QED) is 0.294. The van der Waals surface area contributed by atoms with E-state index in [1.807, 2.05) is 30.3 Å². The first-order valence-electron chi connectivity index (χ1n) is 9.74. The Morgan fingerprint density at radius 1 is 1.21 bits per heavy atom. The van der Waals surface area contributed by atoms with Crippen LogP contribution in [0.15, 0.2) is 57.7 Å². The fourth-order valence-corrected chi connectivity index (χ4v) is 4.20. The van der Waals surface area contributed by atoms with Gasteiger partial charge < -0.3 is 5.32 Å². The number of nitrogens with one attached hydrogen (secondary N) is 2. The van der Waals surface area contributed by atoms with Gasteiger partial charge in [-0.15, -0.1) is 5.11 Å². The standard InChI is InChI=1S/C21H23ClN6O/c22-15-7-4-6-14(12-15)13-24-28-20-21(10-2-1-3-11-21)26-18-16(19(29)27-23)8-5-9-17(18)25-20/h4-9,12,26H,1-3,10-11,13,23H2,(H,27,29). The summed E-state index contributed by atoms with van der Waals surface area (Å²) in [6.45, 7) is 0.429. The van der Waals surface area contributed by atoms with E-state index >= 15 is 0 Å². The maximum atomic E-state index is 12.2. The van der Waals surface area contributed by atoms with E-state index in [1.54, 1.807) is 12.1 Å². The first kappa shape index (κ1) is 19.5. The van der Waals surface area contributed by atoms with Crippen LogP contribution in [-0.4, -0.2) is 17.3 Å². The number of nitrogen functional groups attached to an aromatic ring is 1. The van der Waals surface area contributed by atoms with Gasteiger partial charge in [0, 0.05) is 5.02 Å². The van der Waals surface area contributed by atoms with Crippen LogP contribution in [0.4, 0.5) is 11.4 Å². The lowest BCUT2D eigenvalue weighted by molar-refractivity contribution is 0.0954. The van der Waals surface area contributed by atoms with Gasteiger partial charge in [0.2, 0.25) is 0 Å². The molecule has 0 radical (unpaired) electrons. The summed E-state index contributed by atoms with van der Waals surface area (Å²) in [4.78, 5) is 17.0. The minimum atomic E-state index is -0.423. The molecule has 2 aromatic carbocycles. The second kappa shape index (κ2) is 8.31. The van der Waals surface area contributed by atoms with Crippen molar-refractivity contribution in [3.8, 4) is 0 Å². The van der Waals surface area contributed by atoms with E-state index in [4.69, 9.17) is 22.4 Å². The molecule has 0 saturated heterocycles. The molecule has 29 heavy (non-hydrogen) atoms. The summed E-state index contributed by atoms with van der Waals surface area (Å²) in [7, 11) is 0. The van der Waals surface area contributed by atoms with E-state index in [9.17, 15) is 4.79 Å². The molecular weight excluding hydrogens is 388 g/mol. The van der Waals surface area contributed by atoms with Gasteiger partial charge in [0.15, 0.2) is 5.84 Å². The molecule has 0 unspecified atom stereocenters. The van der Waals surface area contributed by atoms with Gasteiger partial charge >= 0.3 is 0 Å². The van der Waals surface area contributed by atoms with Crippen molar-refractivity contribution in [2.45, 2.75) is 44.2 Å². The molecule has 2 aromatic rings. The third-order valence-corrected chi connectivity index (χ3v) is 5.69. The molecule has 1 aliphatic heterocycles. The minimum absolute atomic E-state index is 0.346. The first-order chi connectivity index (χ1) is 14.1. The molecule has 2 aliphatic rings. The summed E-state index contributed by atoms with van der Waals surface area (Å²) in [5, 5.41) is 13.2. The summed E-state index contributed by atoms with van der Waals surface area (Å²) in [6, 6.07) is 13.0. The van der Waals surface area contributed by atoms with Crippen molar-refractivity contribution in [1.29, 1.82) is 0 Å². The summed E-state index contributed by atoms with van der Waals surface area (Å²) >= 11 is 6.05. The Morgan fingerprint density at radius 3 is 2.76 bits per heavy atom. The van der Waals surface area contributed by atoms with Crippen LogP contribution < -0.4 is 16.6 Å². The second-order valence-corrected chi connectivity index (χ2v) is 7.84. The second-order valence-electron chi connectivity index (χ2n) is 7.41. The van der Waals surface area contributed by atoms with Crippen molar-refractivity contribution in [3.63, 3.8) is 0 Å². The number of amides is 1. The summed E-state index contributed by atoms with van der Waals surface area (Å²) in [6.07, 6.45) is 5.08. The highest BCUT2D eigenvalue weighted by molar-refractivity contribution is 6.30. The number of anilines is 1. The number of benzene rings is 2. The van der Waals surface area contributed by atoms with Crippen LogP contribution in [0.1, 0.15) is 48.0 Å². The number of hydrogen-bond donors (Lipinski definition) is 3. The van der Waals surface area contributed by atoms with Gasteiger partial charge in [-0.1, -0.05) is 49.1 Å². The van der Waals surface area contributed by atoms with Crippen LogP contribution >= 0.6 is 11.6 Å². The van der Waals surface area contributed by atoms with Gasteiger partial charge in [-0.05, 0) is 42.7 Å². The highest BCUT2D eigenvalue weighted by Crippen LogP contribution is 2.42. The molecule has 0 atom stereocenters. The van der Waals surface area contributed by atoms with Crippen molar-refractivity contribution in [2.24, 2.45) is 21.1 Å². The fraction of sp³-hybridized carbons (Fsp3) is 0.333. The van der Waals surface area contributed by atoms with Crippen LogP contribution in [0.3, 0.4) is 0 Å². The van der Waals surface area contributed by atoms with Crippen molar-refractivity contribution >= 4 is 34.7 Å². The molecular formula is C21H23ClN6O. The van der Waals surface area contributed by atoms with E-state index in [0.29, 0.717) is 34.3 Å². The van der Waals surface area contributed by atoms with Crippen molar-refractivity contribution in [2.75, 3.05) is 5.32 Å². The van der Waals surface area contributed by atoms with Gasteiger partial charge in [-0.2, -0.15) is 5.11 Å². The smallest absolute Gasteiger partial charge is 0.267 e. The number of para-hydroxylation sites is 1. The van der Waals surface area contributed by atoms with Crippen LogP contribution in [-0.2, 0) is 6.54 Å². The van der Waals surface area contributed by atoms with Crippen LogP contribution in [0.25, 0.3) is 0 Å². The molecule has 1 aliphatic carbocycles. The average Bonchev–Trinajstić information content (AvgIpc) is 2.74. The number of halogens is 1. The molecule has 1 spiro atoms. The first-order valence-corrected chi connectivity index (χ1v) is 10.1. The Kier molecular flexibility index (Phi) is 5.60. The maximum absolute atomic E-state index is 12.2. The molecule has 1 amide bonds. The van der Waals surface area contributed by atoms with Gasteiger partial charge in [0.05, 0.1) is 29.0 Å². The number of aliphatic imine (C=N–C) groups is 1. The van der Waals surface area contributed by atoms with Crippen LogP contribution in [0.5, 0.6) is 0 Å². The SMILES string of the molecule is NNC(=O)c1cccc2c1NC1(CCCCC1)C(N=NCc1cccc(Cl)c1)=N2. The number of azo groups is 1. The Labute approximate surface area is 174 Å². The van der Waals surface area contributed by atoms with Gasteiger partial charge in [0.1, 0.15) is 0 Å². The topological polar surface area (TPSA) is 104 Å². The third-order valence-electron chi connectivity index (χ3n) is 5.45.